The Morgan fingerprint density at radius 3 is 2.47 bits per heavy atom. The van der Waals surface area contributed by atoms with Crippen molar-refractivity contribution < 1.29 is 33.3 Å². The number of alkyl halides is 2. The zero-order valence-electron chi connectivity index (χ0n) is 9.70. The molecule has 7 heteroatoms. The quantitative estimate of drug-likeness (QED) is 0.787. The average molecular weight is 274 g/mol. The van der Waals surface area contributed by atoms with E-state index < -0.39 is 37.0 Å². The van der Waals surface area contributed by atoms with Gasteiger partial charge in [-0.2, -0.15) is 8.78 Å². The number of benzene rings is 1. The average Bonchev–Trinajstić information content (AvgIpc) is 2.60. The SMILES string of the molecule is O=C(OC[C@H]1OC(O)C(F)(F)[C@@H]1O)c1ccccc1. The fourth-order valence-electron chi connectivity index (χ4n) is 1.67. The standard InChI is InChI=1S/C12H12F2O5/c13-12(14)9(15)8(19-11(12)17)6-18-10(16)7-4-2-1-3-5-7/h1-5,8-9,11,15,17H,6H2/t8-,9-,11?/m1/s1. The Bertz CT molecular complexity index is 451. The summed E-state index contributed by atoms with van der Waals surface area (Å²) >= 11 is 0. The lowest BCUT2D eigenvalue weighted by molar-refractivity contribution is -0.198. The van der Waals surface area contributed by atoms with Crippen LogP contribution in [0.1, 0.15) is 10.4 Å². The number of carbonyl (C=O) groups is 1. The highest BCUT2D eigenvalue weighted by molar-refractivity contribution is 5.89. The molecule has 1 saturated heterocycles. The first-order valence-corrected chi connectivity index (χ1v) is 5.54. The van der Waals surface area contributed by atoms with E-state index in [0.717, 1.165) is 0 Å². The van der Waals surface area contributed by atoms with Crippen LogP contribution in [-0.4, -0.2) is 47.2 Å². The van der Waals surface area contributed by atoms with Crippen molar-refractivity contribution in [2.24, 2.45) is 0 Å². The zero-order chi connectivity index (χ0) is 14.0. The van der Waals surface area contributed by atoms with Crippen LogP contribution in [-0.2, 0) is 9.47 Å². The maximum atomic E-state index is 13.1. The molecule has 1 heterocycles. The molecule has 19 heavy (non-hydrogen) atoms. The molecule has 0 aromatic heterocycles. The van der Waals surface area contributed by atoms with Gasteiger partial charge in [-0.1, -0.05) is 18.2 Å². The second kappa shape index (κ2) is 5.20. The third kappa shape index (κ3) is 2.73. The minimum absolute atomic E-state index is 0.252. The molecule has 0 amide bonds. The lowest BCUT2D eigenvalue weighted by Crippen LogP contribution is -2.41. The van der Waals surface area contributed by atoms with Crippen LogP contribution >= 0.6 is 0 Å². The maximum Gasteiger partial charge on any atom is 0.338 e. The topological polar surface area (TPSA) is 76.0 Å². The molecule has 0 saturated carbocycles. The number of ether oxygens (including phenoxy) is 2. The summed E-state index contributed by atoms with van der Waals surface area (Å²) in [6.45, 7) is -0.568. The lowest BCUT2D eigenvalue weighted by Gasteiger charge is -2.16. The van der Waals surface area contributed by atoms with Gasteiger partial charge in [-0.15, -0.1) is 0 Å². The second-order valence-electron chi connectivity index (χ2n) is 4.11. The Morgan fingerprint density at radius 1 is 1.32 bits per heavy atom. The van der Waals surface area contributed by atoms with Crippen molar-refractivity contribution in [3.05, 3.63) is 35.9 Å². The summed E-state index contributed by atoms with van der Waals surface area (Å²) in [5.41, 5.74) is 0.252. The van der Waals surface area contributed by atoms with Crippen molar-refractivity contribution in [2.45, 2.75) is 24.4 Å². The first kappa shape index (κ1) is 13.9. The van der Waals surface area contributed by atoms with Gasteiger partial charge < -0.3 is 19.7 Å². The van der Waals surface area contributed by atoms with Gasteiger partial charge in [0.1, 0.15) is 12.7 Å². The summed E-state index contributed by atoms with van der Waals surface area (Å²) in [6, 6.07) is 7.94. The third-order valence-electron chi connectivity index (χ3n) is 2.77. The predicted molar refractivity (Wildman–Crippen MR) is 58.6 cm³/mol. The minimum Gasteiger partial charge on any atom is -0.459 e. The maximum absolute atomic E-state index is 13.1. The van der Waals surface area contributed by atoms with Crippen molar-refractivity contribution in [1.82, 2.24) is 0 Å². The number of hydrogen-bond donors (Lipinski definition) is 2. The first-order chi connectivity index (χ1) is 8.93. The molecule has 3 atom stereocenters. The van der Waals surface area contributed by atoms with Crippen LogP contribution in [0.3, 0.4) is 0 Å². The Kier molecular flexibility index (Phi) is 3.79. The molecule has 0 spiro atoms. The van der Waals surface area contributed by atoms with Crippen LogP contribution in [0.4, 0.5) is 8.78 Å². The number of rotatable bonds is 3. The van der Waals surface area contributed by atoms with E-state index >= 15 is 0 Å². The number of esters is 1. The summed E-state index contributed by atoms with van der Waals surface area (Å²) < 4.78 is 35.3. The van der Waals surface area contributed by atoms with E-state index in [0.29, 0.717) is 0 Å². The number of carbonyl (C=O) groups excluding carboxylic acids is 1. The number of hydrogen-bond acceptors (Lipinski definition) is 5. The van der Waals surface area contributed by atoms with E-state index in [1.165, 1.54) is 12.1 Å². The summed E-state index contributed by atoms with van der Waals surface area (Å²) in [5, 5.41) is 18.2. The molecule has 0 radical (unpaired) electrons. The molecular weight excluding hydrogens is 262 g/mol. The summed E-state index contributed by atoms with van der Waals surface area (Å²) in [5.74, 6) is -4.50. The molecule has 2 N–H and O–H groups in total. The second-order valence-corrected chi connectivity index (χ2v) is 4.11. The van der Waals surface area contributed by atoms with Crippen LogP contribution in [0, 0.1) is 0 Å². The highest BCUT2D eigenvalue weighted by atomic mass is 19.3. The first-order valence-electron chi connectivity index (χ1n) is 5.54. The fraction of sp³-hybridized carbons (Fsp3) is 0.417. The summed E-state index contributed by atoms with van der Waals surface area (Å²) in [6.07, 6.45) is -6.08. The number of halogens is 2. The molecule has 0 bridgehead atoms. The van der Waals surface area contributed by atoms with Crippen LogP contribution in [0.5, 0.6) is 0 Å². The van der Waals surface area contributed by atoms with Crippen molar-refractivity contribution in [2.75, 3.05) is 6.61 Å². The number of aliphatic hydroxyl groups is 2. The monoisotopic (exact) mass is 274 g/mol. The highest BCUT2D eigenvalue weighted by Gasteiger charge is 2.58. The van der Waals surface area contributed by atoms with Crippen molar-refractivity contribution in [3.63, 3.8) is 0 Å². The van der Waals surface area contributed by atoms with E-state index in [1.54, 1.807) is 18.2 Å². The Hall–Kier alpha value is -1.57. The summed E-state index contributed by atoms with van der Waals surface area (Å²) in [7, 11) is 0. The van der Waals surface area contributed by atoms with E-state index in [1.807, 2.05) is 0 Å². The van der Waals surface area contributed by atoms with Gasteiger partial charge in [0.15, 0.2) is 6.10 Å². The Labute approximate surface area is 107 Å². The van der Waals surface area contributed by atoms with Gasteiger partial charge in [-0.3, -0.25) is 0 Å². The molecule has 2 rings (SSSR count). The molecule has 1 fully saturated rings. The molecule has 1 aromatic rings. The molecule has 104 valence electrons. The number of aliphatic hydroxyl groups excluding tert-OH is 2. The van der Waals surface area contributed by atoms with E-state index in [4.69, 9.17) is 9.84 Å². The highest BCUT2D eigenvalue weighted by Crippen LogP contribution is 2.34. The normalized spacial score (nSPS) is 29.2. The van der Waals surface area contributed by atoms with Gasteiger partial charge in [-0.05, 0) is 12.1 Å². The van der Waals surface area contributed by atoms with Gasteiger partial charge in [0, 0.05) is 0 Å². The van der Waals surface area contributed by atoms with Crippen LogP contribution in [0.15, 0.2) is 30.3 Å². The lowest BCUT2D eigenvalue weighted by atomic mass is 10.1. The van der Waals surface area contributed by atoms with Gasteiger partial charge in [0.05, 0.1) is 5.56 Å². The predicted octanol–water partition coefficient (Wildman–Crippen LogP) is 0.557. The van der Waals surface area contributed by atoms with Crippen molar-refractivity contribution in [1.29, 1.82) is 0 Å². The molecule has 1 aliphatic rings. The van der Waals surface area contributed by atoms with Crippen LogP contribution in [0.2, 0.25) is 0 Å². The fourth-order valence-corrected chi connectivity index (χ4v) is 1.67. The molecule has 1 aromatic carbocycles. The Balaban J connectivity index is 1.92. The van der Waals surface area contributed by atoms with Crippen molar-refractivity contribution in [3.8, 4) is 0 Å². The van der Waals surface area contributed by atoms with E-state index in [2.05, 4.69) is 4.74 Å². The van der Waals surface area contributed by atoms with E-state index in [-0.39, 0.29) is 5.56 Å². The Morgan fingerprint density at radius 2 is 1.95 bits per heavy atom. The van der Waals surface area contributed by atoms with Crippen LogP contribution < -0.4 is 0 Å². The van der Waals surface area contributed by atoms with Crippen LogP contribution in [0.25, 0.3) is 0 Å². The minimum atomic E-state index is -3.77. The third-order valence-corrected chi connectivity index (χ3v) is 2.77. The smallest absolute Gasteiger partial charge is 0.338 e. The summed E-state index contributed by atoms with van der Waals surface area (Å²) in [4.78, 5) is 11.5. The molecule has 0 aliphatic carbocycles. The van der Waals surface area contributed by atoms with Gasteiger partial charge in [0.25, 0.3) is 0 Å². The van der Waals surface area contributed by atoms with Crippen molar-refractivity contribution >= 4 is 5.97 Å². The van der Waals surface area contributed by atoms with Gasteiger partial charge in [-0.25, -0.2) is 4.79 Å². The van der Waals surface area contributed by atoms with Gasteiger partial charge in [0.2, 0.25) is 6.29 Å². The molecule has 1 unspecified atom stereocenters. The molecule has 5 nitrogen and oxygen atoms in total. The molecular formula is C12H12F2O5. The molecule has 1 aliphatic heterocycles. The largest absolute Gasteiger partial charge is 0.459 e. The zero-order valence-corrected chi connectivity index (χ0v) is 9.70. The van der Waals surface area contributed by atoms with Gasteiger partial charge >= 0.3 is 11.9 Å². The van der Waals surface area contributed by atoms with E-state index in [9.17, 15) is 18.7 Å².